The third-order valence-electron chi connectivity index (χ3n) is 2.76. The van der Waals surface area contributed by atoms with Crippen LogP contribution in [0.25, 0.3) is 0 Å². The Bertz CT molecular complexity index is 345. The number of hydrogen-bond donors (Lipinski definition) is 1. The van der Waals surface area contributed by atoms with Crippen LogP contribution in [0.15, 0.2) is 0 Å². The first-order valence-corrected chi connectivity index (χ1v) is 5.38. The van der Waals surface area contributed by atoms with Crippen LogP contribution in [0, 0.1) is 6.92 Å². The molecule has 15 heavy (non-hydrogen) atoms. The minimum atomic E-state index is -1.38. The van der Waals surface area contributed by atoms with E-state index < -0.39 is 5.67 Å². The van der Waals surface area contributed by atoms with E-state index in [1.807, 2.05) is 6.92 Å². The number of hydrogen-bond acceptors (Lipinski definition) is 2. The Kier molecular flexibility index (Phi) is 3.73. The Morgan fingerprint density at radius 2 is 2.20 bits per heavy atom. The van der Waals surface area contributed by atoms with Crippen LogP contribution in [0.3, 0.4) is 0 Å². The van der Waals surface area contributed by atoms with Gasteiger partial charge in [-0.1, -0.05) is 18.5 Å². The van der Waals surface area contributed by atoms with Gasteiger partial charge in [-0.2, -0.15) is 5.10 Å². The fourth-order valence-electron chi connectivity index (χ4n) is 1.53. The topological polar surface area (TPSA) is 43.8 Å². The second kappa shape index (κ2) is 4.49. The summed E-state index contributed by atoms with van der Waals surface area (Å²) in [4.78, 5) is 0. The molecule has 0 spiro atoms. The molecule has 1 heterocycles. The number of aryl methyl sites for hydroxylation is 2. The van der Waals surface area contributed by atoms with Crippen LogP contribution in [0.4, 0.5) is 4.39 Å². The molecule has 1 unspecified atom stereocenters. The van der Waals surface area contributed by atoms with E-state index >= 15 is 0 Å². The Morgan fingerprint density at radius 3 is 2.53 bits per heavy atom. The fourth-order valence-corrected chi connectivity index (χ4v) is 1.77. The van der Waals surface area contributed by atoms with Crippen LogP contribution >= 0.6 is 11.6 Å². The molecule has 86 valence electrons. The molecule has 0 aliphatic carbocycles. The molecule has 0 fully saturated rings. The van der Waals surface area contributed by atoms with Crippen LogP contribution in [-0.2, 0) is 13.5 Å². The number of aromatic nitrogens is 2. The summed E-state index contributed by atoms with van der Waals surface area (Å²) in [6, 6.07) is 0. The average molecular weight is 234 g/mol. The number of alkyl halides is 1. The normalized spacial score (nSPS) is 15.3. The second-order valence-electron chi connectivity index (χ2n) is 3.86. The molecule has 3 nitrogen and oxygen atoms in total. The van der Waals surface area contributed by atoms with Gasteiger partial charge >= 0.3 is 0 Å². The molecular formula is C10H17ClFN3. The number of nitrogens with two attached hydrogens (primary N) is 1. The maximum Gasteiger partial charge on any atom is 0.130 e. The molecule has 0 radical (unpaired) electrons. The van der Waals surface area contributed by atoms with Crippen molar-refractivity contribution in [1.82, 2.24) is 9.78 Å². The lowest BCUT2D eigenvalue weighted by Gasteiger charge is -2.21. The third-order valence-corrected chi connectivity index (χ3v) is 3.24. The number of rotatable bonds is 4. The van der Waals surface area contributed by atoms with Crippen LogP contribution in [0.1, 0.15) is 24.6 Å². The summed E-state index contributed by atoms with van der Waals surface area (Å²) in [6.07, 6.45) is 0.618. The zero-order chi connectivity index (χ0) is 11.6. The fraction of sp³-hybridized carbons (Fsp3) is 0.700. The van der Waals surface area contributed by atoms with Crippen LogP contribution < -0.4 is 5.73 Å². The molecule has 0 aliphatic heterocycles. The monoisotopic (exact) mass is 233 g/mol. The first kappa shape index (κ1) is 12.5. The van der Waals surface area contributed by atoms with Crippen LogP contribution in [0.2, 0.25) is 5.15 Å². The van der Waals surface area contributed by atoms with Crippen molar-refractivity contribution in [2.75, 3.05) is 6.54 Å². The minimum Gasteiger partial charge on any atom is -0.328 e. The largest absolute Gasteiger partial charge is 0.328 e. The summed E-state index contributed by atoms with van der Waals surface area (Å²) in [5, 5.41) is 4.64. The minimum absolute atomic E-state index is 0.00810. The number of halogens is 2. The second-order valence-corrected chi connectivity index (χ2v) is 4.22. The first-order chi connectivity index (χ1) is 6.93. The van der Waals surface area contributed by atoms with E-state index in [2.05, 4.69) is 5.10 Å². The Hall–Kier alpha value is -0.610. The summed E-state index contributed by atoms with van der Waals surface area (Å²) < 4.78 is 15.6. The summed E-state index contributed by atoms with van der Waals surface area (Å²) in [6.45, 7) is 3.62. The van der Waals surface area contributed by atoms with Crippen LogP contribution in [-0.4, -0.2) is 22.0 Å². The molecule has 0 amide bonds. The van der Waals surface area contributed by atoms with Gasteiger partial charge in [0.2, 0.25) is 0 Å². The van der Waals surface area contributed by atoms with E-state index in [9.17, 15) is 4.39 Å². The van der Waals surface area contributed by atoms with Gasteiger partial charge in [0.15, 0.2) is 0 Å². The Morgan fingerprint density at radius 1 is 1.60 bits per heavy atom. The van der Waals surface area contributed by atoms with E-state index in [0.29, 0.717) is 11.6 Å². The molecule has 1 aromatic rings. The molecule has 1 aromatic heterocycles. The predicted octanol–water partition coefficient (Wildman–Crippen LogP) is 2.00. The van der Waals surface area contributed by atoms with Gasteiger partial charge in [0.05, 0.1) is 5.69 Å². The van der Waals surface area contributed by atoms with Gasteiger partial charge in [-0.15, -0.1) is 0 Å². The molecule has 5 heteroatoms. The molecule has 2 N–H and O–H groups in total. The third kappa shape index (κ3) is 2.49. The summed E-state index contributed by atoms with van der Waals surface area (Å²) in [5.41, 5.74) is 5.58. The first-order valence-electron chi connectivity index (χ1n) is 5.00. The molecule has 1 atom stereocenters. The van der Waals surface area contributed by atoms with Gasteiger partial charge in [0.1, 0.15) is 10.8 Å². The molecule has 1 rings (SSSR count). The number of nitrogens with zero attached hydrogens (tertiary/aromatic N) is 2. The van der Waals surface area contributed by atoms with Gasteiger partial charge in [0.25, 0.3) is 0 Å². The molecule has 0 aliphatic rings. The van der Waals surface area contributed by atoms with E-state index in [1.54, 1.807) is 18.7 Å². The van der Waals surface area contributed by atoms with Crippen molar-refractivity contribution in [3.8, 4) is 0 Å². The maximum absolute atomic E-state index is 14.1. The van der Waals surface area contributed by atoms with Crippen molar-refractivity contribution in [1.29, 1.82) is 0 Å². The van der Waals surface area contributed by atoms with Gasteiger partial charge < -0.3 is 5.73 Å². The lowest BCUT2D eigenvalue weighted by molar-refractivity contribution is 0.167. The highest BCUT2D eigenvalue weighted by molar-refractivity contribution is 6.30. The van der Waals surface area contributed by atoms with E-state index in [-0.39, 0.29) is 13.0 Å². The quantitative estimate of drug-likeness (QED) is 0.865. The van der Waals surface area contributed by atoms with Crippen molar-refractivity contribution >= 4 is 11.6 Å². The Labute approximate surface area is 94.4 Å². The molecular weight excluding hydrogens is 217 g/mol. The van der Waals surface area contributed by atoms with Crippen molar-refractivity contribution in [3.63, 3.8) is 0 Å². The highest BCUT2D eigenvalue weighted by Crippen LogP contribution is 2.27. The molecule has 0 aromatic carbocycles. The Balaban J connectivity index is 2.98. The van der Waals surface area contributed by atoms with Gasteiger partial charge in [-0.05, 0) is 13.3 Å². The van der Waals surface area contributed by atoms with Crippen molar-refractivity contribution in [2.45, 2.75) is 32.4 Å². The predicted molar refractivity (Wildman–Crippen MR) is 59.8 cm³/mol. The van der Waals surface area contributed by atoms with Crippen LogP contribution in [0.5, 0.6) is 0 Å². The SMILES string of the molecule is CCC(F)(CN)Cc1c(C)nn(C)c1Cl. The summed E-state index contributed by atoms with van der Waals surface area (Å²) in [5.74, 6) is 0. The lowest BCUT2D eigenvalue weighted by atomic mass is 9.94. The molecule has 0 bridgehead atoms. The molecule has 0 saturated carbocycles. The smallest absolute Gasteiger partial charge is 0.130 e. The highest BCUT2D eigenvalue weighted by atomic mass is 35.5. The molecule has 0 saturated heterocycles. The summed E-state index contributed by atoms with van der Waals surface area (Å²) >= 11 is 6.03. The highest BCUT2D eigenvalue weighted by Gasteiger charge is 2.29. The van der Waals surface area contributed by atoms with Gasteiger partial charge in [-0.3, -0.25) is 4.68 Å². The van der Waals surface area contributed by atoms with Crippen molar-refractivity contribution < 1.29 is 4.39 Å². The maximum atomic E-state index is 14.1. The van der Waals surface area contributed by atoms with Gasteiger partial charge in [0, 0.05) is 25.6 Å². The van der Waals surface area contributed by atoms with E-state index in [0.717, 1.165) is 11.3 Å². The average Bonchev–Trinajstić information content (AvgIpc) is 2.45. The van der Waals surface area contributed by atoms with Crippen molar-refractivity contribution in [3.05, 3.63) is 16.4 Å². The zero-order valence-corrected chi connectivity index (χ0v) is 10.1. The summed E-state index contributed by atoms with van der Waals surface area (Å²) in [7, 11) is 1.74. The van der Waals surface area contributed by atoms with Gasteiger partial charge in [-0.25, -0.2) is 4.39 Å². The lowest BCUT2D eigenvalue weighted by Crippen LogP contribution is -2.34. The zero-order valence-electron chi connectivity index (χ0n) is 9.35. The van der Waals surface area contributed by atoms with E-state index in [4.69, 9.17) is 17.3 Å². The van der Waals surface area contributed by atoms with Crippen molar-refractivity contribution in [2.24, 2.45) is 12.8 Å². The standard InChI is InChI=1S/C10H17ClFN3/c1-4-10(12,6-13)5-8-7(2)14-15(3)9(8)11/h4-6,13H2,1-3H3. The van der Waals surface area contributed by atoms with E-state index in [1.165, 1.54) is 0 Å².